The van der Waals surface area contributed by atoms with Crippen LogP contribution in [-0.4, -0.2) is 29.8 Å². The van der Waals surface area contributed by atoms with Gasteiger partial charge in [-0.25, -0.2) is 0 Å². The van der Waals surface area contributed by atoms with E-state index in [2.05, 4.69) is 18.7 Å². The van der Waals surface area contributed by atoms with Gasteiger partial charge in [0.2, 0.25) is 0 Å². The molecule has 0 aromatic heterocycles. The number of hydrogen-bond donors (Lipinski definition) is 0. The molecule has 1 saturated heterocycles. The van der Waals surface area contributed by atoms with E-state index in [9.17, 15) is 4.79 Å². The quantitative estimate of drug-likeness (QED) is 0.677. The second-order valence-corrected chi connectivity index (χ2v) is 5.79. The van der Waals surface area contributed by atoms with Crippen LogP contribution in [0.25, 0.3) is 0 Å². The highest BCUT2D eigenvalue weighted by Crippen LogP contribution is 2.24. The Labute approximate surface area is 87.7 Å². The lowest BCUT2D eigenvalue weighted by Gasteiger charge is -2.25. The van der Waals surface area contributed by atoms with Gasteiger partial charge in [-0.05, 0) is 19.3 Å². The van der Waals surface area contributed by atoms with Crippen LogP contribution in [0.5, 0.6) is 0 Å². The Balaban J connectivity index is 2.49. The van der Waals surface area contributed by atoms with Crippen molar-refractivity contribution in [3.05, 3.63) is 0 Å². The average Bonchev–Trinajstić information content (AvgIpc) is 2.28. The van der Waals surface area contributed by atoms with Gasteiger partial charge in [-0.1, -0.05) is 27.7 Å². The maximum absolute atomic E-state index is 11.8. The summed E-state index contributed by atoms with van der Waals surface area (Å²) in [6.45, 7) is 12.2. The van der Waals surface area contributed by atoms with E-state index in [0.29, 0.717) is 18.4 Å². The number of ketones is 1. The molecule has 1 fully saturated rings. The first-order valence-electron chi connectivity index (χ1n) is 5.58. The van der Waals surface area contributed by atoms with Gasteiger partial charge in [0.25, 0.3) is 0 Å². The molecule has 2 heteroatoms. The van der Waals surface area contributed by atoms with Crippen LogP contribution in [0.15, 0.2) is 0 Å². The molecule has 0 aliphatic carbocycles. The van der Waals surface area contributed by atoms with E-state index in [1.54, 1.807) is 0 Å². The molecule has 14 heavy (non-hydrogen) atoms. The van der Waals surface area contributed by atoms with Gasteiger partial charge in [0.05, 0.1) is 6.54 Å². The molecule has 0 spiro atoms. The zero-order valence-electron chi connectivity index (χ0n) is 10.1. The first kappa shape index (κ1) is 11.7. The molecule has 2 unspecified atom stereocenters. The zero-order chi connectivity index (χ0) is 10.9. The van der Waals surface area contributed by atoms with Crippen LogP contribution in [0.3, 0.4) is 0 Å². The third kappa shape index (κ3) is 2.81. The lowest BCUT2D eigenvalue weighted by molar-refractivity contribution is -0.127. The molecular formula is C12H23NO. The van der Waals surface area contributed by atoms with Gasteiger partial charge < -0.3 is 0 Å². The summed E-state index contributed by atoms with van der Waals surface area (Å²) in [7, 11) is 0. The summed E-state index contributed by atoms with van der Waals surface area (Å²) >= 11 is 0. The first-order chi connectivity index (χ1) is 6.30. The molecule has 0 N–H and O–H groups in total. The minimum absolute atomic E-state index is 0.189. The Bertz CT molecular complexity index is 217. The van der Waals surface area contributed by atoms with E-state index in [0.717, 1.165) is 12.5 Å². The van der Waals surface area contributed by atoms with Crippen LogP contribution in [0.4, 0.5) is 0 Å². The number of carbonyl (C=O) groups is 1. The summed E-state index contributed by atoms with van der Waals surface area (Å²) in [4.78, 5) is 14.1. The minimum atomic E-state index is -0.189. The fraction of sp³-hybridized carbons (Fsp3) is 0.917. The van der Waals surface area contributed by atoms with Gasteiger partial charge in [-0.3, -0.25) is 9.69 Å². The summed E-state index contributed by atoms with van der Waals surface area (Å²) < 4.78 is 0. The third-order valence-corrected chi connectivity index (χ3v) is 3.10. The number of rotatable bonds is 2. The largest absolute Gasteiger partial charge is 0.298 e. The van der Waals surface area contributed by atoms with E-state index in [4.69, 9.17) is 0 Å². The average molecular weight is 197 g/mol. The number of nitrogens with zero attached hydrogens (tertiary/aromatic N) is 1. The Hall–Kier alpha value is -0.370. The summed E-state index contributed by atoms with van der Waals surface area (Å²) in [5.74, 6) is 1.11. The van der Waals surface area contributed by atoms with Gasteiger partial charge in [-0.2, -0.15) is 0 Å². The SMILES string of the molecule is CC1CC(C)N(CC(=O)C(C)(C)C)C1. The molecule has 2 nitrogen and oxygen atoms in total. The van der Waals surface area contributed by atoms with E-state index in [-0.39, 0.29) is 5.41 Å². The van der Waals surface area contributed by atoms with Crippen LogP contribution < -0.4 is 0 Å². The third-order valence-electron chi connectivity index (χ3n) is 3.10. The Kier molecular flexibility index (Phi) is 3.36. The highest BCUT2D eigenvalue weighted by atomic mass is 16.1. The van der Waals surface area contributed by atoms with Crippen molar-refractivity contribution < 1.29 is 4.79 Å². The lowest BCUT2D eigenvalue weighted by atomic mass is 9.90. The van der Waals surface area contributed by atoms with Crippen molar-refractivity contribution in [1.82, 2.24) is 4.90 Å². The van der Waals surface area contributed by atoms with Gasteiger partial charge in [0.15, 0.2) is 5.78 Å². The highest BCUT2D eigenvalue weighted by Gasteiger charge is 2.30. The summed E-state index contributed by atoms with van der Waals surface area (Å²) in [6.07, 6.45) is 1.23. The van der Waals surface area contributed by atoms with Gasteiger partial charge in [0, 0.05) is 18.0 Å². The van der Waals surface area contributed by atoms with Crippen molar-refractivity contribution in [2.24, 2.45) is 11.3 Å². The smallest absolute Gasteiger partial charge is 0.152 e. The topological polar surface area (TPSA) is 20.3 Å². The first-order valence-corrected chi connectivity index (χ1v) is 5.58. The highest BCUT2D eigenvalue weighted by molar-refractivity contribution is 5.85. The number of likely N-dealkylation sites (tertiary alicyclic amines) is 1. The molecule has 1 heterocycles. The Morgan fingerprint density at radius 3 is 2.29 bits per heavy atom. The number of hydrogen-bond acceptors (Lipinski definition) is 2. The predicted octanol–water partition coefficient (Wildman–Crippen LogP) is 2.33. The van der Waals surface area contributed by atoms with Crippen LogP contribution in [0.2, 0.25) is 0 Å². The van der Waals surface area contributed by atoms with Crippen LogP contribution in [0, 0.1) is 11.3 Å². The second-order valence-electron chi connectivity index (χ2n) is 5.79. The fourth-order valence-electron chi connectivity index (χ4n) is 2.03. The molecule has 1 aliphatic rings. The molecule has 0 bridgehead atoms. The zero-order valence-corrected chi connectivity index (χ0v) is 10.1. The Morgan fingerprint density at radius 2 is 1.93 bits per heavy atom. The maximum atomic E-state index is 11.8. The molecule has 2 atom stereocenters. The van der Waals surface area contributed by atoms with Crippen molar-refractivity contribution >= 4 is 5.78 Å². The molecule has 0 radical (unpaired) electrons. The van der Waals surface area contributed by atoms with Crippen molar-refractivity contribution in [2.75, 3.05) is 13.1 Å². The molecule has 1 aliphatic heterocycles. The number of carbonyl (C=O) groups excluding carboxylic acids is 1. The van der Waals surface area contributed by atoms with Gasteiger partial charge >= 0.3 is 0 Å². The van der Waals surface area contributed by atoms with Crippen molar-refractivity contribution in [1.29, 1.82) is 0 Å². The Morgan fingerprint density at radius 1 is 1.36 bits per heavy atom. The van der Waals surface area contributed by atoms with Crippen LogP contribution >= 0.6 is 0 Å². The lowest BCUT2D eigenvalue weighted by Crippen LogP contribution is -2.37. The fourth-order valence-corrected chi connectivity index (χ4v) is 2.03. The van der Waals surface area contributed by atoms with E-state index >= 15 is 0 Å². The van der Waals surface area contributed by atoms with E-state index in [1.807, 2.05) is 20.8 Å². The summed E-state index contributed by atoms with van der Waals surface area (Å²) in [5.41, 5.74) is -0.189. The molecule has 0 amide bonds. The van der Waals surface area contributed by atoms with Crippen molar-refractivity contribution in [2.45, 2.75) is 47.1 Å². The van der Waals surface area contributed by atoms with Crippen molar-refractivity contribution in [3.63, 3.8) is 0 Å². The minimum Gasteiger partial charge on any atom is -0.298 e. The number of Topliss-reactive ketones (excluding diaryl/α,β-unsaturated/α-hetero) is 1. The molecule has 0 aromatic rings. The monoisotopic (exact) mass is 197 g/mol. The molecule has 0 aromatic carbocycles. The molecule has 0 saturated carbocycles. The van der Waals surface area contributed by atoms with E-state index in [1.165, 1.54) is 6.42 Å². The molecule has 1 rings (SSSR count). The van der Waals surface area contributed by atoms with Crippen molar-refractivity contribution in [3.8, 4) is 0 Å². The van der Waals surface area contributed by atoms with Gasteiger partial charge in [-0.15, -0.1) is 0 Å². The normalized spacial score (nSPS) is 29.5. The summed E-state index contributed by atoms with van der Waals surface area (Å²) in [5, 5.41) is 0. The van der Waals surface area contributed by atoms with E-state index < -0.39 is 0 Å². The standard InChI is InChI=1S/C12H23NO/c1-9-6-10(2)13(7-9)8-11(14)12(3,4)5/h9-10H,6-8H2,1-5H3. The second kappa shape index (κ2) is 4.01. The molecular weight excluding hydrogens is 174 g/mol. The van der Waals surface area contributed by atoms with Gasteiger partial charge in [0.1, 0.15) is 0 Å². The summed E-state index contributed by atoms with van der Waals surface area (Å²) in [6, 6.07) is 0.580. The van der Waals surface area contributed by atoms with Crippen LogP contribution in [-0.2, 0) is 4.79 Å². The molecule has 82 valence electrons. The predicted molar refractivity (Wildman–Crippen MR) is 59.3 cm³/mol. The van der Waals surface area contributed by atoms with Crippen LogP contribution in [0.1, 0.15) is 41.0 Å². The maximum Gasteiger partial charge on any atom is 0.152 e.